The van der Waals surface area contributed by atoms with Crippen LogP contribution in [-0.2, 0) is 11.3 Å². The zero-order chi connectivity index (χ0) is 17.3. The Morgan fingerprint density at radius 1 is 1.33 bits per heavy atom. The van der Waals surface area contributed by atoms with Gasteiger partial charge in [0.1, 0.15) is 4.47 Å². The molecule has 1 saturated heterocycles. The van der Waals surface area contributed by atoms with E-state index >= 15 is 0 Å². The molecule has 3 heterocycles. The molecule has 3 rings (SSSR count). The average molecular weight is 399 g/mol. The topological polar surface area (TPSA) is 76.5 Å². The predicted octanol–water partition coefficient (Wildman–Crippen LogP) is 1.80. The summed E-state index contributed by atoms with van der Waals surface area (Å²) in [5, 5.41) is 7.33. The molecule has 0 aliphatic carbocycles. The molecular formula is C16H23BrN4O3. The second kappa shape index (κ2) is 7.13. The maximum absolute atomic E-state index is 12.9. The summed E-state index contributed by atoms with van der Waals surface area (Å²) in [5.74, 6) is 0.344. The van der Waals surface area contributed by atoms with E-state index in [1.165, 1.54) is 0 Å². The standard InChI is InChI=1S/C16H23BrN4O3/c1-10(2)18-14(22)11-5-3-6-20(9-11)15(23)13-12(17)16-21(19-13)7-4-8-24-16/h10-11H,3-9H2,1-2H3,(H,18,22). The predicted molar refractivity (Wildman–Crippen MR) is 91.9 cm³/mol. The van der Waals surface area contributed by atoms with Crippen LogP contribution in [0.1, 0.15) is 43.6 Å². The second-order valence-corrected chi connectivity index (χ2v) is 7.44. The van der Waals surface area contributed by atoms with Gasteiger partial charge < -0.3 is 15.0 Å². The SMILES string of the molecule is CC(C)NC(=O)C1CCCN(C(=O)c2nn3c(c2Br)OCCC3)C1. The van der Waals surface area contributed by atoms with Gasteiger partial charge >= 0.3 is 0 Å². The van der Waals surface area contributed by atoms with Gasteiger partial charge in [-0.05, 0) is 42.6 Å². The van der Waals surface area contributed by atoms with Crippen LogP contribution in [0.25, 0.3) is 0 Å². The summed E-state index contributed by atoms with van der Waals surface area (Å²) in [6.45, 7) is 6.36. The minimum Gasteiger partial charge on any atom is -0.477 e. The van der Waals surface area contributed by atoms with Crippen LogP contribution in [0.2, 0.25) is 0 Å². The molecule has 7 nitrogen and oxygen atoms in total. The molecule has 2 aliphatic heterocycles. The number of aryl methyl sites for hydroxylation is 1. The summed E-state index contributed by atoms with van der Waals surface area (Å²) >= 11 is 3.45. The number of piperidine rings is 1. The normalized spacial score (nSPS) is 20.5. The Balaban J connectivity index is 1.73. The molecule has 1 N–H and O–H groups in total. The van der Waals surface area contributed by atoms with E-state index < -0.39 is 0 Å². The lowest BCUT2D eigenvalue weighted by Gasteiger charge is -2.32. The van der Waals surface area contributed by atoms with Crippen molar-refractivity contribution in [3.05, 3.63) is 10.2 Å². The number of likely N-dealkylation sites (tertiary alicyclic amines) is 1. The highest BCUT2D eigenvalue weighted by molar-refractivity contribution is 9.10. The minimum absolute atomic E-state index is 0.0223. The van der Waals surface area contributed by atoms with E-state index in [4.69, 9.17) is 4.74 Å². The molecule has 1 unspecified atom stereocenters. The largest absolute Gasteiger partial charge is 0.477 e. The van der Waals surface area contributed by atoms with Crippen molar-refractivity contribution in [3.63, 3.8) is 0 Å². The van der Waals surface area contributed by atoms with Crippen molar-refractivity contribution in [2.75, 3.05) is 19.7 Å². The van der Waals surface area contributed by atoms with Crippen LogP contribution in [0, 0.1) is 5.92 Å². The lowest BCUT2D eigenvalue weighted by atomic mass is 9.96. The highest BCUT2D eigenvalue weighted by Crippen LogP contribution is 2.32. The molecule has 1 aromatic heterocycles. The van der Waals surface area contributed by atoms with Gasteiger partial charge in [-0.25, -0.2) is 4.68 Å². The molecule has 132 valence electrons. The molecule has 1 fully saturated rings. The molecule has 0 bridgehead atoms. The summed E-state index contributed by atoms with van der Waals surface area (Å²) in [6.07, 6.45) is 2.52. The van der Waals surface area contributed by atoms with E-state index in [1.54, 1.807) is 9.58 Å². The average Bonchev–Trinajstić information content (AvgIpc) is 2.91. The van der Waals surface area contributed by atoms with Crippen molar-refractivity contribution >= 4 is 27.7 Å². The first-order valence-electron chi connectivity index (χ1n) is 8.46. The Bertz CT molecular complexity index is 644. The van der Waals surface area contributed by atoms with Crippen molar-refractivity contribution in [2.45, 2.75) is 45.7 Å². The van der Waals surface area contributed by atoms with Gasteiger partial charge in [-0.15, -0.1) is 0 Å². The van der Waals surface area contributed by atoms with Gasteiger partial charge in [0.25, 0.3) is 5.91 Å². The Hall–Kier alpha value is -1.57. The zero-order valence-corrected chi connectivity index (χ0v) is 15.6. The van der Waals surface area contributed by atoms with E-state index in [0.717, 1.165) is 25.8 Å². The van der Waals surface area contributed by atoms with E-state index in [0.29, 0.717) is 35.7 Å². The summed E-state index contributed by atoms with van der Waals surface area (Å²) in [7, 11) is 0. The molecular weight excluding hydrogens is 376 g/mol. The molecule has 24 heavy (non-hydrogen) atoms. The van der Waals surface area contributed by atoms with Gasteiger partial charge in [-0.1, -0.05) is 0 Å². The van der Waals surface area contributed by atoms with E-state index in [1.807, 2.05) is 13.8 Å². The number of halogens is 1. The second-order valence-electron chi connectivity index (χ2n) is 6.65. The molecule has 2 aliphatic rings. The number of hydrogen-bond acceptors (Lipinski definition) is 4. The number of fused-ring (bicyclic) bond motifs is 1. The fourth-order valence-corrected chi connectivity index (χ4v) is 3.73. The Labute approximate surface area is 149 Å². The highest BCUT2D eigenvalue weighted by atomic mass is 79.9. The molecule has 1 atom stereocenters. The quantitative estimate of drug-likeness (QED) is 0.841. The zero-order valence-electron chi connectivity index (χ0n) is 14.0. The van der Waals surface area contributed by atoms with Crippen LogP contribution in [0.4, 0.5) is 0 Å². The first-order chi connectivity index (χ1) is 11.5. The maximum Gasteiger partial charge on any atom is 0.275 e. The molecule has 8 heteroatoms. The molecule has 1 aromatic rings. The lowest BCUT2D eigenvalue weighted by Crippen LogP contribution is -2.46. The third-order valence-corrected chi connectivity index (χ3v) is 5.03. The summed E-state index contributed by atoms with van der Waals surface area (Å²) in [4.78, 5) is 26.8. The summed E-state index contributed by atoms with van der Waals surface area (Å²) < 4.78 is 7.94. The Kier molecular flexibility index (Phi) is 5.12. The van der Waals surface area contributed by atoms with Crippen LogP contribution in [0.5, 0.6) is 5.88 Å². The number of ether oxygens (including phenoxy) is 1. The fourth-order valence-electron chi connectivity index (χ4n) is 3.16. The number of rotatable bonds is 3. The van der Waals surface area contributed by atoms with Crippen molar-refractivity contribution in [1.29, 1.82) is 0 Å². The van der Waals surface area contributed by atoms with Crippen LogP contribution in [0.15, 0.2) is 4.47 Å². The van der Waals surface area contributed by atoms with Crippen LogP contribution in [0.3, 0.4) is 0 Å². The number of nitrogens with zero attached hydrogens (tertiary/aromatic N) is 3. The molecule has 0 radical (unpaired) electrons. The monoisotopic (exact) mass is 398 g/mol. The molecule has 2 amide bonds. The minimum atomic E-state index is -0.155. The van der Waals surface area contributed by atoms with Gasteiger partial charge in [0, 0.05) is 32.1 Å². The molecule has 0 saturated carbocycles. The van der Waals surface area contributed by atoms with Gasteiger partial charge in [0.15, 0.2) is 5.69 Å². The molecule has 0 spiro atoms. The van der Waals surface area contributed by atoms with Crippen molar-refractivity contribution < 1.29 is 14.3 Å². The lowest BCUT2D eigenvalue weighted by molar-refractivity contribution is -0.126. The number of carbonyl (C=O) groups excluding carboxylic acids is 2. The van der Waals surface area contributed by atoms with Gasteiger partial charge in [0.05, 0.1) is 12.5 Å². The number of hydrogen-bond donors (Lipinski definition) is 1. The van der Waals surface area contributed by atoms with E-state index in [2.05, 4.69) is 26.3 Å². The number of carbonyl (C=O) groups is 2. The van der Waals surface area contributed by atoms with Crippen LogP contribution >= 0.6 is 15.9 Å². The van der Waals surface area contributed by atoms with E-state index in [9.17, 15) is 9.59 Å². The first kappa shape index (κ1) is 17.3. The van der Waals surface area contributed by atoms with E-state index in [-0.39, 0.29) is 23.8 Å². The molecule has 0 aromatic carbocycles. The Morgan fingerprint density at radius 2 is 2.12 bits per heavy atom. The maximum atomic E-state index is 12.9. The number of nitrogens with one attached hydrogen (secondary N) is 1. The van der Waals surface area contributed by atoms with Crippen molar-refractivity contribution in [3.8, 4) is 5.88 Å². The van der Waals surface area contributed by atoms with Crippen LogP contribution < -0.4 is 10.1 Å². The number of amides is 2. The van der Waals surface area contributed by atoms with Crippen molar-refractivity contribution in [1.82, 2.24) is 20.0 Å². The van der Waals surface area contributed by atoms with Gasteiger partial charge in [-0.2, -0.15) is 5.10 Å². The van der Waals surface area contributed by atoms with Crippen LogP contribution in [-0.4, -0.2) is 52.2 Å². The highest BCUT2D eigenvalue weighted by Gasteiger charge is 2.33. The Morgan fingerprint density at radius 3 is 2.83 bits per heavy atom. The van der Waals surface area contributed by atoms with Gasteiger partial charge in [0.2, 0.25) is 11.8 Å². The fraction of sp³-hybridized carbons (Fsp3) is 0.688. The third-order valence-electron chi connectivity index (χ3n) is 4.32. The summed E-state index contributed by atoms with van der Waals surface area (Å²) in [6, 6.07) is 0.106. The summed E-state index contributed by atoms with van der Waals surface area (Å²) in [5.41, 5.74) is 0.372. The van der Waals surface area contributed by atoms with Gasteiger partial charge in [-0.3, -0.25) is 9.59 Å². The third kappa shape index (κ3) is 3.43. The smallest absolute Gasteiger partial charge is 0.275 e. The number of aromatic nitrogens is 2. The van der Waals surface area contributed by atoms with Crippen molar-refractivity contribution in [2.24, 2.45) is 5.92 Å². The first-order valence-corrected chi connectivity index (χ1v) is 9.25.